The molecule has 0 fully saturated rings. The molecule has 0 atom stereocenters. The van der Waals surface area contributed by atoms with Crippen molar-refractivity contribution in [3.63, 3.8) is 0 Å². The van der Waals surface area contributed by atoms with E-state index in [1.807, 2.05) is 34.6 Å². The van der Waals surface area contributed by atoms with Crippen molar-refractivity contribution in [1.29, 1.82) is 0 Å². The maximum Gasteiger partial charge on any atom is 0.196 e. The maximum atomic E-state index is 13.2. The van der Waals surface area contributed by atoms with Gasteiger partial charge in [0.05, 0.1) is 17.1 Å². The van der Waals surface area contributed by atoms with E-state index in [1.54, 1.807) is 28.9 Å². The average Bonchev–Trinajstić information content (AvgIpc) is 3.09. The zero-order valence-corrected chi connectivity index (χ0v) is 19.9. The first kappa shape index (κ1) is 22.9. The summed E-state index contributed by atoms with van der Waals surface area (Å²) in [4.78, 5) is 13.3. The number of carbonyl (C=O) groups is 1. The minimum atomic E-state index is -3.74. The summed E-state index contributed by atoms with van der Waals surface area (Å²) in [7, 11) is -3.74. The third kappa shape index (κ3) is 5.13. The van der Waals surface area contributed by atoms with Crippen LogP contribution in [0.4, 0.5) is 0 Å². The van der Waals surface area contributed by atoms with Crippen LogP contribution in [-0.4, -0.2) is 29.7 Å². The number of sulfone groups is 1. The minimum Gasteiger partial charge on any atom is -0.291 e. The first-order valence-corrected chi connectivity index (χ1v) is 12.0. The number of hydrogen-bond donors (Lipinski definition) is 0. The first-order valence-electron chi connectivity index (χ1n) is 10.3. The van der Waals surface area contributed by atoms with Crippen molar-refractivity contribution in [2.75, 3.05) is 5.75 Å². The van der Waals surface area contributed by atoms with Crippen LogP contribution in [0.3, 0.4) is 0 Å². The van der Waals surface area contributed by atoms with Crippen molar-refractivity contribution in [3.05, 3.63) is 82.2 Å². The standard InChI is InChI=1S/C25H30N2O3S/c1-17-12-18(2)21(19(3)13-17)15-27-22(14-24(26-27)25(4,5)6)23(28)16-31(29,30)20-10-8-7-9-11-20/h7-14H,15-16H2,1-6H3. The van der Waals surface area contributed by atoms with Crippen LogP contribution < -0.4 is 0 Å². The Labute approximate surface area is 185 Å². The maximum absolute atomic E-state index is 13.2. The molecule has 3 aromatic rings. The molecule has 164 valence electrons. The highest BCUT2D eigenvalue weighted by Gasteiger charge is 2.27. The first-order chi connectivity index (χ1) is 14.4. The molecule has 0 saturated carbocycles. The molecule has 3 rings (SSSR count). The van der Waals surface area contributed by atoms with Crippen LogP contribution >= 0.6 is 0 Å². The number of ketones is 1. The minimum absolute atomic E-state index is 0.149. The van der Waals surface area contributed by atoms with Crippen LogP contribution in [0.1, 0.15) is 59.2 Å². The summed E-state index contributed by atoms with van der Waals surface area (Å²) >= 11 is 0. The van der Waals surface area contributed by atoms with Gasteiger partial charge in [-0.3, -0.25) is 9.48 Å². The number of nitrogens with zero attached hydrogens (tertiary/aromatic N) is 2. The number of benzene rings is 2. The monoisotopic (exact) mass is 438 g/mol. The molecule has 1 aromatic heterocycles. The van der Waals surface area contributed by atoms with E-state index in [0.29, 0.717) is 12.2 Å². The van der Waals surface area contributed by atoms with Crippen molar-refractivity contribution in [3.8, 4) is 0 Å². The Balaban J connectivity index is 2.02. The molecular weight excluding hydrogens is 408 g/mol. The number of aromatic nitrogens is 2. The average molecular weight is 439 g/mol. The van der Waals surface area contributed by atoms with E-state index in [0.717, 1.165) is 22.4 Å². The Hall–Kier alpha value is -2.73. The number of aryl methyl sites for hydroxylation is 3. The van der Waals surface area contributed by atoms with E-state index in [9.17, 15) is 13.2 Å². The van der Waals surface area contributed by atoms with Crippen molar-refractivity contribution >= 4 is 15.6 Å². The van der Waals surface area contributed by atoms with Gasteiger partial charge in [-0.2, -0.15) is 5.10 Å². The largest absolute Gasteiger partial charge is 0.291 e. The van der Waals surface area contributed by atoms with Gasteiger partial charge in [0.2, 0.25) is 0 Å². The molecule has 0 saturated heterocycles. The van der Waals surface area contributed by atoms with Gasteiger partial charge in [-0.25, -0.2) is 8.42 Å². The van der Waals surface area contributed by atoms with Gasteiger partial charge in [0, 0.05) is 5.41 Å². The van der Waals surface area contributed by atoms with Gasteiger partial charge in [0.15, 0.2) is 15.6 Å². The second kappa shape index (κ2) is 8.42. The molecule has 0 bridgehead atoms. The molecule has 0 N–H and O–H groups in total. The van der Waals surface area contributed by atoms with E-state index >= 15 is 0 Å². The molecule has 0 aliphatic carbocycles. The van der Waals surface area contributed by atoms with E-state index in [4.69, 9.17) is 5.10 Å². The molecule has 5 nitrogen and oxygen atoms in total. The summed E-state index contributed by atoms with van der Waals surface area (Å²) in [5, 5.41) is 4.71. The van der Waals surface area contributed by atoms with Crippen LogP contribution in [0.25, 0.3) is 0 Å². The molecule has 0 aliphatic heterocycles. The lowest BCUT2D eigenvalue weighted by Gasteiger charge is -2.15. The fourth-order valence-corrected chi connectivity index (χ4v) is 4.93. The van der Waals surface area contributed by atoms with E-state index < -0.39 is 21.4 Å². The van der Waals surface area contributed by atoms with Gasteiger partial charge in [-0.1, -0.05) is 56.7 Å². The lowest BCUT2D eigenvalue weighted by Crippen LogP contribution is -2.20. The molecule has 2 aromatic carbocycles. The van der Waals surface area contributed by atoms with Crippen LogP contribution in [0, 0.1) is 20.8 Å². The van der Waals surface area contributed by atoms with Crippen LogP contribution in [0.15, 0.2) is 53.4 Å². The molecular formula is C25H30N2O3S. The Bertz CT molecular complexity index is 1190. The van der Waals surface area contributed by atoms with Crippen molar-refractivity contribution < 1.29 is 13.2 Å². The molecule has 0 aliphatic rings. The Kier molecular flexibility index (Phi) is 6.23. The summed E-state index contributed by atoms with van der Waals surface area (Å²) in [6.45, 7) is 12.6. The zero-order valence-electron chi connectivity index (χ0n) is 19.1. The quantitative estimate of drug-likeness (QED) is 0.518. The predicted octanol–water partition coefficient (Wildman–Crippen LogP) is 4.81. The highest BCUT2D eigenvalue weighted by atomic mass is 32.2. The SMILES string of the molecule is Cc1cc(C)c(Cn2nc(C(C)(C)C)cc2C(=O)CS(=O)(=O)c2ccccc2)c(C)c1. The Morgan fingerprint density at radius 3 is 2.10 bits per heavy atom. The smallest absolute Gasteiger partial charge is 0.196 e. The number of carbonyl (C=O) groups excluding carboxylic acids is 1. The summed E-state index contributed by atoms with van der Waals surface area (Å²) in [5.41, 5.74) is 5.34. The van der Waals surface area contributed by atoms with Gasteiger partial charge in [-0.15, -0.1) is 0 Å². The number of Topliss-reactive ketones (excluding diaryl/α,β-unsaturated/α-hetero) is 1. The lowest BCUT2D eigenvalue weighted by atomic mass is 9.92. The molecule has 1 heterocycles. The molecule has 0 amide bonds. The summed E-state index contributed by atoms with van der Waals surface area (Å²) in [5.74, 6) is -1.03. The molecule has 6 heteroatoms. The third-order valence-electron chi connectivity index (χ3n) is 5.41. The van der Waals surface area contributed by atoms with Gasteiger partial charge >= 0.3 is 0 Å². The van der Waals surface area contributed by atoms with Crippen LogP contribution in [-0.2, 0) is 21.8 Å². The number of hydrogen-bond acceptors (Lipinski definition) is 4. The summed E-state index contributed by atoms with van der Waals surface area (Å²) in [6, 6.07) is 14.0. The van der Waals surface area contributed by atoms with Crippen molar-refractivity contribution in [1.82, 2.24) is 9.78 Å². The second-order valence-corrected chi connectivity index (χ2v) is 11.2. The lowest BCUT2D eigenvalue weighted by molar-refractivity contribution is 0.101. The Morgan fingerprint density at radius 2 is 1.55 bits per heavy atom. The third-order valence-corrected chi connectivity index (χ3v) is 7.04. The zero-order chi connectivity index (χ0) is 23.0. The number of rotatable bonds is 6. The highest BCUT2D eigenvalue weighted by molar-refractivity contribution is 7.92. The van der Waals surface area contributed by atoms with E-state index in [2.05, 4.69) is 19.1 Å². The normalized spacial score (nSPS) is 12.2. The van der Waals surface area contributed by atoms with Crippen molar-refractivity contribution in [2.24, 2.45) is 0 Å². The second-order valence-electron chi connectivity index (χ2n) is 9.20. The van der Waals surface area contributed by atoms with Crippen LogP contribution in [0.5, 0.6) is 0 Å². The molecule has 0 spiro atoms. The summed E-state index contributed by atoms with van der Waals surface area (Å²) in [6.07, 6.45) is 0. The molecule has 0 radical (unpaired) electrons. The van der Waals surface area contributed by atoms with Gasteiger partial charge in [0.1, 0.15) is 11.4 Å². The van der Waals surface area contributed by atoms with E-state index in [1.165, 1.54) is 17.7 Å². The molecule has 0 unspecified atom stereocenters. The summed E-state index contributed by atoms with van der Waals surface area (Å²) < 4.78 is 27.2. The Morgan fingerprint density at radius 1 is 0.968 bits per heavy atom. The highest BCUT2D eigenvalue weighted by Crippen LogP contribution is 2.25. The van der Waals surface area contributed by atoms with Gasteiger partial charge in [0.25, 0.3) is 0 Å². The van der Waals surface area contributed by atoms with E-state index in [-0.39, 0.29) is 10.3 Å². The predicted molar refractivity (Wildman–Crippen MR) is 124 cm³/mol. The van der Waals surface area contributed by atoms with Gasteiger partial charge in [-0.05, 0) is 55.7 Å². The molecule has 31 heavy (non-hydrogen) atoms. The van der Waals surface area contributed by atoms with Crippen molar-refractivity contribution in [2.45, 2.75) is 58.4 Å². The van der Waals surface area contributed by atoms with Gasteiger partial charge < -0.3 is 0 Å². The fourth-order valence-electron chi connectivity index (χ4n) is 3.70. The topological polar surface area (TPSA) is 69.0 Å². The van der Waals surface area contributed by atoms with Crippen LogP contribution in [0.2, 0.25) is 0 Å². The fraction of sp³-hybridized carbons (Fsp3) is 0.360.